The molecular formula is C19H28N2O. The van der Waals surface area contributed by atoms with Crippen LogP contribution in [0.3, 0.4) is 0 Å². The molecule has 2 fully saturated rings. The zero-order valence-corrected chi connectivity index (χ0v) is 13.5. The van der Waals surface area contributed by atoms with Gasteiger partial charge in [0.2, 0.25) is 5.91 Å². The van der Waals surface area contributed by atoms with Crippen LogP contribution in [0, 0.1) is 5.92 Å². The highest BCUT2D eigenvalue weighted by Crippen LogP contribution is 2.31. The highest BCUT2D eigenvalue weighted by Gasteiger charge is 2.32. The van der Waals surface area contributed by atoms with Crippen LogP contribution in [0.4, 0.5) is 0 Å². The van der Waals surface area contributed by atoms with Gasteiger partial charge >= 0.3 is 0 Å². The van der Waals surface area contributed by atoms with E-state index in [4.69, 9.17) is 0 Å². The fourth-order valence-corrected chi connectivity index (χ4v) is 3.46. The van der Waals surface area contributed by atoms with Gasteiger partial charge in [0.1, 0.15) is 0 Å². The van der Waals surface area contributed by atoms with Crippen molar-refractivity contribution in [3.05, 3.63) is 35.9 Å². The van der Waals surface area contributed by atoms with Crippen LogP contribution in [0.15, 0.2) is 30.3 Å². The summed E-state index contributed by atoms with van der Waals surface area (Å²) in [7, 11) is 0. The van der Waals surface area contributed by atoms with Crippen molar-refractivity contribution < 1.29 is 4.79 Å². The monoisotopic (exact) mass is 300 g/mol. The molecule has 1 N–H and O–H groups in total. The minimum atomic E-state index is 0.248. The number of hydrogen-bond acceptors (Lipinski definition) is 2. The molecule has 1 aromatic rings. The maximum atomic E-state index is 12.0. The number of nitrogens with zero attached hydrogens (tertiary/aromatic N) is 1. The number of rotatable bonds is 7. The van der Waals surface area contributed by atoms with Gasteiger partial charge in [-0.05, 0) is 63.1 Å². The summed E-state index contributed by atoms with van der Waals surface area (Å²) in [6, 6.07) is 11.4. The topological polar surface area (TPSA) is 32.3 Å². The van der Waals surface area contributed by atoms with Crippen LogP contribution in [0.1, 0.15) is 44.1 Å². The second-order valence-corrected chi connectivity index (χ2v) is 6.85. The lowest BCUT2D eigenvalue weighted by atomic mass is 9.93. The molecule has 0 spiro atoms. The molecule has 1 saturated carbocycles. The Morgan fingerprint density at radius 3 is 2.50 bits per heavy atom. The molecule has 0 unspecified atom stereocenters. The summed E-state index contributed by atoms with van der Waals surface area (Å²) in [6.07, 6.45) is 7.99. The Balaban J connectivity index is 1.26. The standard InChI is InChI=1S/C19H28N2O/c22-19(20-12-4-7-16-5-2-1-3-6-16)15-17-10-13-21(14-11-17)18-8-9-18/h1-3,5-6,17-18H,4,7-15H2,(H,20,22). The van der Waals surface area contributed by atoms with Crippen LogP contribution in [0.25, 0.3) is 0 Å². The van der Waals surface area contributed by atoms with Crippen molar-refractivity contribution in [1.29, 1.82) is 0 Å². The van der Waals surface area contributed by atoms with Crippen molar-refractivity contribution in [1.82, 2.24) is 10.2 Å². The molecule has 120 valence electrons. The lowest BCUT2D eigenvalue weighted by Crippen LogP contribution is -2.37. The highest BCUT2D eigenvalue weighted by atomic mass is 16.1. The molecule has 3 heteroatoms. The first-order valence-corrected chi connectivity index (χ1v) is 8.86. The molecule has 2 aliphatic rings. The van der Waals surface area contributed by atoms with Crippen LogP contribution in [0.5, 0.6) is 0 Å². The first kappa shape index (κ1) is 15.5. The fourth-order valence-electron chi connectivity index (χ4n) is 3.46. The van der Waals surface area contributed by atoms with Crippen molar-refractivity contribution in [2.45, 2.75) is 51.0 Å². The largest absolute Gasteiger partial charge is 0.356 e. The zero-order chi connectivity index (χ0) is 15.2. The quantitative estimate of drug-likeness (QED) is 0.785. The molecule has 3 rings (SSSR count). The van der Waals surface area contributed by atoms with Crippen molar-refractivity contribution in [3.8, 4) is 0 Å². The Hall–Kier alpha value is -1.35. The van der Waals surface area contributed by atoms with E-state index in [1.165, 1.54) is 44.3 Å². The number of benzene rings is 1. The number of amides is 1. The normalized spacial score (nSPS) is 20.0. The van der Waals surface area contributed by atoms with Gasteiger partial charge in [0, 0.05) is 19.0 Å². The zero-order valence-electron chi connectivity index (χ0n) is 13.5. The van der Waals surface area contributed by atoms with E-state index in [9.17, 15) is 4.79 Å². The van der Waals surface area contributed by atoms with Crippen molar-refractivity contribution >= 4 is 5.91 Å². The third kappa shape index (κ3) is 4.84. The molecule has 1 amide bonds. The Kier molecular flexibility index (Phi) is 5.49. The van der Waals surface area contributed by atoms with Gasteiger partial charge in [0.05, 0.1) is 0 Å². The molecule has 0 bridgehead atoms. The van der Waals surface area contributed by atoms with E-state index in [1.54, 1.807) is 0 Å². The van der Waals surface area contributed by atoms with Gasteiger partial charge in [-0.1, -0.05) is 30.3 Å². The average Bonchev–Trinajstić information content (AvgIpc) is 3.38. The smallest absolute Gasteiger partial charge is 0.220 e. The molecule has 1 heterocycles. The molecular weight excluding hydrogens is 272 g/mol. The second-order valence-electron chi connectivity index (χ2n) is 6.85. The average molecular weight is 300 g/mol. The third-order valence-corrected chi connectivity index (χ3v) is 4.99. The molecule has 3 nitrogen and oxygen atoms in total. The molecule has 1 saturated heterocycles. The molecule has 0 radical (unpaired) electrons. The van der Waals surface area contributed by atoms with E-state index in [-0.39, 0.29) is 5.91 Å². The summed E-state index contributed by atoms with van der Waals surface area (Å²) in [6.45, 7) is 3.21. The summed E-state index contributed by atoms with van der Waals surface area (Å²) in [5, 5.41) is 3.09. The lowest BCUT2D eigenvalue weighted by Gasteiger charge is -2.31. The Morgan fingerprint density at radius 2 is 1.82 bits per heavy atom. The number of likely N-dealkylation sites (tertiary alicyclic amines) is 1. The van der Waals surface area contributed by atoms with Gasteiger partial charge in [-0.3, -0.25) is 4.79 Å². The molecule has 1 aliphatic heterocycles. The summed E-state index contributed by atoms with van der Waals surface area (Å²) in [5.74, 6) is 0.849. The van der Waals surface area contributed by atoms with Gasteiger partial charge in [0.15, 0.2) is 0 Å². The van der Waals surface area contributed by atoms with Gasteiger partial charge < -0.3 is 10.2 Å². The van der Waals surface area contributed by atoms with E-state index in [0.717, 1.165) is 31.8 Å². The van der Waals surface area contributed by atoms with Crippen molar-refractivity contribution in [2.24, 2.45) is 5.92 Å². The minimum Gasteiger partial charge on any atom is -0.356 e. The predicted molar refractivity (Wildman–Crippen MR) is 89.7 cm³/mol. The summed E-state index contributed by atoms with van der Waals surface area (Å²) >= 11 is 0. The van der Waals surface area contributed by atoms with Crippen LogP contribution < -0.4 is 5.32 Å². The van der Waals surface area contributed by atoms with Crippen molar-refractivity contribution in [3.63, 3.8) is 0 Å². The first-order chi connectivity index (χ1) is 10.8. The third-order valence-electron chi connectivity index (χ3n) is 4.99. The summed E-state index contributed by atoms with van der Waals surface area (Å²) < 4.78 is 0. The minimum absolute atomic E-state index is 0.248. The summed E-state index contributed by atoms with van der Waals surface area (Å²) in [4.78, 5) is 14.6. The number of carbonyl (C=O) groups excluding carboxylic acids is 1. The maximum Gasteiger partial charge on any atom is 0.220 e. The number of hydrogen-bond donors (Lipinski definition) is 1. The number of piperidine rings is 1. The van der Waals surface area contributed by atoms with Crippen molar-refractivity contribution in [2.75, 3.05) is 19.6 Å². The van der Waals surface area contributed by atoms with Gasteiger partial charge in [-0.2, -0.15) is 0 Å². The number of carbonyl (C=O) groups is 1. The van der Waals surface area contributed by atoms with Gasteiger partial charge in [0.25, 0.3) is 0 Å². The predicted octanol–water partition coefficient (Wildman–Crippen LogP) is 3.00. The molecule has 1 aromatic carbocycles. The fraction of sp³-hybridized carbons (Fsp3) is 0.632. The van der Waals surface area contributed by atoms with E-state index in [1.807, 2.05) is 6.07 Å². The van der Waals surface area contributed by atoms with E-state index in [0.29, 0.717) is 5.92 Å². The van der Waals surface area contributed by atoms with Crippen LogP contribution in [0.2, 0.25) is 0 Å². The van der Waals surface area contributed by atoms with Crippen LogP contribution in [-0.4, -0.2) is 36.5 Å². The second kappa shape index (κ2) is 7.77. The van der Waals surface area contributed by atoms with Crippen LogP contribution >= 0.6 is 0 Å². The Bertz CT molecular complexity index is 462. The SMILES string of the molecule is O=C(CC1CCN(C2CC2)CC1)NCCCc1ccccc1. The molecule has 22 heavy (non-hydrogen) atoms. The Morgan fingerprint density at radius 1 is 1.09 bits per heavy atom. The van der Waals surface area contributed by atoms with E-state index >= 15 is 0 Å². The maximum absolute atomic E-state index is 12.0. The number of nitrogens with one attached hydrogen (secondary N) is 1. The van der Waals surface area contributed by atoms with Gasteiger partial charge in [-0.15, -0.1) is 0 Å². The van der Waals surface area contributed by atoms with E-state index in [2.05, 4.69) is 34.5 Å². The Labute approximate surface area is 134 Å². The van der Waals surface area contributed by atoms with Gasteiger partial charge in [-0.25, -0.2) is 0 Å². The van der Waals surface area contributed by atoms with E-state index < -0.39 is 0 Å². The molecule has 1 aliphatic carbocycles. The first-order valence-electron chi connectivity index (χ1n) is 8.86. The van der Waals surface area contributed by atoms with Crippen LogP contribution in [-0.2, 0) is 11.2 Å². The molecule has 0 aromatic heterocycles. The lowest BCUT2D eigenvalue weighted by molar-refractivity contribution is -0.122. The summed E-state index contributed by atoms with van der Waals surface area (Å²) in [5.41, 5.74) is 1.35. The number of aryl methyl sites for hydroxylation is 1. The highest BCUT2D eigenvalue weighted by molar-refractivity contribution is 5.76. The molecule has 0 atom stereocenters.